The summed E-state index contributed by atoms with van der Waals surface area (Å²) in [7, 11) is 3.19. The van der Waals surface area contributed by atoms with Crippen LogP contribution in [0, 0.1) is 0 Å². The molecule has 3 rings (SSSR count). The first kappa shape index (κ1) is 15.6. The second kappa shape index (κ2) is 6.45. The zero-order valence-electron chi connectivity index (χ0n) is 13.3. The van der Waals surface area contributed by atoms with Gasteiger partial charge in [-0.15, -0.1) is 0 Å². The molecule has 0 aliphatic carbocycles. The third kappa shape index (κ3) is 2.94. The minimum Gasteiger partial charge on any atom is -0.497 e. The molecule has 1 N–H and O–H groups in total. The smallest absolute Gasteiger partial charge is 0.356 e. The number of benzene rings is 2. The molecule has 6 nitrogen and oxygen atoms in total. The van der Waals surface area contributed by atoms with Crippen molar-refractivity contribution in [3.63, 3.8) is 0 Å². The average molecular weight is 324 g/mol. The quantitative estimate of drug-likeness (QED) is 0.780. The van der Waals surface area contributed by atoms with Crippen LogP contribution < -0.4 is 9.47 Å². The van der Waals surface area contributed by atoms with Crippen LogP contribution in [0.5, 0.6) is 11.5 Å². The fraction of sp³-hybridized carbons (Fsp3) is 0.111. The number of carboxylic acid groups (broad SMARTS) is 1. The predicted octanol–water partition coefficient (Wildman–Crippen LogP) is 3.25. The monoisotopic (exact) mass is 324 g/mol. The summed E-state index contributed by atoms with van der Waals surface area (Å²) in [6.07, 6.45) is 1.50. The van der Waals surface area contributed by atoms with Crippen molar-refractivity contribution in [3.8, 4) is 28.6 Å². The van der Waals surface area contributed by atoms with Crippen LogP contribution in [0.2, 0.25) is 0 Å². The number of hydrogen-bond donors (Lipinski definition) is 1. The van der Waals surface area contributed by atoms with E-state index >= 15 is 0 Å². The van der Waals surface area contributed by atoms with Crippen LogP contribution in [0.4, 0.5) is 0 Å². The zero-order chi connectivity index (χ0) is 17.1. The summed E-state index contributed by atoms with van der Waals surface area (Å²) in [5.41, 5.74) is 1.57. The van der Waals surface area contributed by atoms with Crippen molar-refractivity contribution in [2.75, 3.05) is 14.2 Å². The summed E-state index contributed by atoms with van der Waals surface area (Å²) in [6, 6.07) is 14.6. The molecule has 24 heavy (non-hydrogen) atoms. The summed E-state index contributed by atoms with van der Waals surface area (Å²) in [5.74, 6) is 0.917. The largest absolute Gasteiger partial charge is 0.497 e. The normalized spacial score (nSPS) is 10.4. The highest BCUT2D eigenvalue weighted by molar-refractivity contribution is 5.86. The maximum atomic E-state index is 11.3. The third-order valence-corrected chi connectivity index (χ3v) is 3.62. The molecule has 0 radical (unpaired) electrons. The number of carboxylic acids is 1. The molecule has 1 heterocycles. The Morgan fingerprint density at radius 2 is 1.50 bits per heavy atom. The van der Waals surface area contributed by atoms with Gasteiger partial charge in [-0.3, -0.25) is 4.57 Å². The van der Waals surface area contributed by atoms with E-state index in [9.17, 15) is 9.90 Å². The third-order valence-electron chi connectivity index (χ3n) is 3.62. The van der Waals surface area contributed by atoms with Crippen LogP contribution in [0.1, 0.15) is 10.5 Å². The molecule has 0 fully saturated rings. The van der Waals surface area contributed by atoms with Crippen molar-refractivity contribution in [1.29, 1.82) is 0 Å². The van der Waals surface area contributed by atoms with Gasteiger partial charge in [0.15, 0.2) is 5.69 Å². The second-order valence-corrected chi connectivity index (χ2v) is 5.05. The van der Waals surface area contributed by atoms with E-state index in [0.717, 1.165) is 22.7 Å². The van der Waals surface area contributed by atoms with Gasteiger partial charge in [-0.1, -0.05) is 0 Å². The van der Waals surface area contributed by atoms with E-state index in [1.54, 1.807) is 18.8 Å². The predicted molar refractivity (Wildman–Crippen MR) is 89.1 cm³/mol. The number of rotatable bonds is 5. The van der Waals surface area contributed by atoms with E-state index in [4.69, 9.17) is 9.47 Å². The van der Waals surface area contributed by atoms with E-state index in [-0.39, 0.29) is 5.69 Å². The summed E-state index contributed by atoms with van der Waals surface area (Å²) in [5, 5.41) is 9.26. The van der Waals surface area contributed by atoms with Crippen LogP contribution in [0.3, 0.4) is 0 Å². The zero-order valence-corrected chi connectivity index (χ0v) is 13.3. The average Bonchev–Trinajstić information content (AvgIpc) is 3.07. The van der Waals surface area contributed by atoms with Gasteiger partial charge in [0, 0.05) is 17.4 Å². The molecule has 0 amide bonds. The summed E-state index contributed by atoms with van der Waals surface area (Å²) in [4.78, 5) is 15.6. The molecule has 0 saturated carbocycles. The lowest BCUT2D eigenvalue weighted by Crippen LogP contribution is -1.96. The molecule has 6 heteroatoms. The molecule has 0 bridgehead atoms. The van der Waals surface area contributed by atoms with E-state index in [1.807, 2.05) is 48.5 Å². The summed E-state index contributed by atoms with van der Waals surface area (Å²) < 4.78 is 12.1. The lowest BCUT2D eigenvalue weighted by atomic mass is 10.2. The highest BCUT2D eigenvalue weighted by Crippen LogP contribution is 2.26. The maximum Gasteiger partial charge on any atom is 0.356 e. The van der Waals surface area contributed by atoms with Crippen molar-refractivity contribution >= 4 is 5.97 Å². The maximum absolute atomic E-state index is 11.3. The molecule has 0 aliphatic heterocycles. The molecule has 3 aromatic rings. The van der Waals surface area contributed by atoms with Gasteiger partial charge >= 0.3 is 5.97 Å². The van der Waals surface area contributed by atoms with E-state index in [1.165, 1.54) is 6.20 Å². The number of methoxy groups -OCH3 is 2. The Hall–Kier alpha value is -3.28. The Kier molecular flexibility index (Phi) is 4.20. The van der Waals surface area contributed by atoms with E-state index in [0.29, 0.717) is 5.82 Å². The highest BCUT2D eigenvalue weighted by Gasteiger charge is 2.16. The van der Waals surface area contributed by atoms with Gasteiger partial charge in [-0.25, -0.2) is 9.78 Å². The molecule has 0 atom stereocenters. The number of carbonyl (C=O) groups is 1. The molecule has 0 spiro atoms. The first-order valence-corrected chi connectivity index (χ1v) is 7.24. The SMILES string of the molecule is COc1ccc(-c2nc(C(=O)O)cn2-c2ccc(OC)cc2)cc1. The Labute approximate surface area is 138 Å². The first-order chi connectivity index (χ1) is 11.6. The minimum atomic E-state index is -1.07. The topological polar surface area (TPSA) is 73.6 Å². The Morgan fingerprint density at radius 1 is 0.958 bits per heavy atom. The molecule has 0 unspecified atom stereocenters. The van der Waals surface area contributed by atoms with E-state index < -0.39 is 5.97 Å². The Bertz CT molecular complexity index is 787. The van der Waals surface area contributed by atoms with Crippen LogP contribution >= 0.6 is 0 Å². The van der Waals surface area contributed by atoms with Gasteiger partial charge in [-0.05, 0) is 48.5 Å². The van der Waals surface area contributed by atoms with Crippen LogP contribution in [-0.4, -0.2) is 34.8 Å². The standard InChI is InChI=1S/C18H16N2O4/c1-23-14-7-3-12(4-8-14)17-19-16(18(21)22)11-20(17)13-5-9-15(24-2)10-6-13/h3-11H,1-2H3,(H,21,22). The van der Waals surface area contributed by atoms with Crippen LogP contribution in [-0.2, 0) is 0 Å². The van der Waals surface area contributed by atoms with Gasteiger partial charge in [0.1, 0.15) is 17.3 Å². The minimum absolute atomic E-state index is 0.0170. The number of aromatic nitrogens is 2. The number of hydrogen-bond acceptors (Lipinski definition) is 4. The van der Waals surface area contributed by atoms with Gasteiger partial charge < -0.3 is 14.6 Å². The molecule has 2 aromatic carbocycles. The fourth-order valence-electron chi connectivity index (χ4n) is 2.37. The van der Waals surface area contributed by atoms with Gasteiger partial charge in [-0.2, -0.15) is 0 Å². The fourth-order valence-corrected chi connectivity index (χ4v) is 2.37. The van der Waals surface area contributed by atoms with Crippen LogP contribution in [0.25, 0.3) is 17.1 Å². The van der Waals surface area contributed by atoms with Crippen molar-refractivity contribution in [2.24, 2.45) is 0 Å². The summed E-state index contributed by atoms with van der Waals surface area (Å²) in [6.45, 7) is 0. The van der Waals surface area contributed by atoms with Crippen molar-refractivity contribution in [1.82, 2.24) is 9.55 Å². The van der Waals surface area contributed by atoms with E-state index in [2.05, 4.69) is 4.98 Å². The Balaban J connectivity index is 2.10. The number of nitrogens with zero attached hydrogens (tertiary/aromatic N) is 2. The Morgan fingerprint density at radius 3 is 2.00 bits per heavy atom. The van der Waals surface area contributed by atoms with Crippen LogP contribution in [0.15, 0.2) is 54.7 Å². The summed E-state index contributed by atoms with van der Waals surface area (Å²) >= 11 is 0. The molecular formula is C18H16N2O4. The van der Waals surface area contributed by atoms with Gasteiger partial charge in [0.05, 0.1) is 14.2 Å². The molecular weight excluding hydrogens is 308 g/mol. The van der Waals surface area contributed by atoms with Crippen molar-refractivity contribution in [3.05, 3.63) is 60.4 Å². The van der Waals surface area contributed by atoms with Gasteiger partial charge in [0.25, 0.3) is 0 Å². The van der Waals surface area contributed by atoms with Gasteiger partial charge in [0.2, 0.25) is 0 Å². The molecule has 122 valence electrons. The first-order valence-electron chi connectivity index (χ1n) is 7.24. The highest BCUT2D eigenvalue weighted by atomic mass is 16.5. The lowest BCUT2D eigenvalue weighted by molar-refractivity contribution is 0.0691. The second-order valence-electron chi connectivity index (χ2n) is 5.05. The molecule has 0 saturated heterocycles. The van der Waals surface area contributed by atoms with Crippen molar-refractivity contribution < 1.29 is 19.4 Å². The molecule has 1 aromatic heterocycles. The van der Waals surface area contributed by atoms with Crippen molar-refractivity contribution in [2.45, 2.75) is 0 Å². The number of ether oxygens (including phenoxy) is 2. The number of imidazole rings is 1. The number of aromatic carboxylic acids is 1. The molecule has 0 aliphatic rings. The lowest BCUT2D eigenvalue weighted by Gasteiger charge is -2.09.